The van der Waals surface area contributed by atoms with E-state index in [0.717, 1.165) is 5.56 Å². The number of hydrogen-bond acceptors (Lipinski definition) is 3. The molecule has 80 valence electrons. The first kappa shape index (κ1) is 11.7. The number of nitriles is 1. The molecule has 0 amide bonds. The molecule has 2 N–H and O–H groups in total. The van der Waals surface area contributed by atoms with Crippen molar-refractivity contribution in [3.8, 4) is 6.07 Å². The minimum Gasteiger partial charge on any atom is -0.395 e. The van der Waals surface area contributed by atoms with Gasteiger partial charge in [-0.05, 0) is 31.5 Å². The zero-order valence-corrected chi connectivity index (χ0v) is 9.07. The highest BCUT2D eigenvalue weighted by molar-refractivity contribution is 5.32. The summed E-state index contributed by atoms with van der Waals surface area (Å²) in [5.74, 6) is 0. The fourth-order valence-electron chi connectivity index (χ4n) is 1.42. The molecule has 1 rings (SSSR count). The molecule has 1 aromatic rings. The Bertz CT molecular complexity index is 340. The average Bonchev–Trinajstić information content (AvgIpc) is 2.29. The monoisotopic (exact) mass is 204 g/mol. The van der Waals surface area contributed by atoms with Gasteiger partial charge >= 0.3 is 0 Å². The lowest BCUT2D eigenvalue weighted by atomic mass is 10.1. The Morgan fingerprint density at radius 1 is 1.33 bits per heavy atom. The highest BCUT2D eigenvalue weighted by atomic mass is 16.3. The molecule has 3 heteroatoms. The second-order valence-corrected chi connectivity index (χ2v) is 3.71. The van der Waals surface area contributed by atoms with Crippen LogP contribution in [0.3, 0.4) is 0 Å². The summed E-state index contributed by atoms with van der Waals surface area (Å²) in [6.07, 6.45) is 0. The lowest BCUT2D eigenvalue weighted by molar-refractivity contribution is 0.243. The van der Waals surface area contributed by atoms with Gasteiger partial charge in [0.2, 0.25) is 0 Å². The SMILES string of the molecule is C[C@H](CO)N[C@@H](C)c1ccc(C#N)cc1. The number of rotatable bonds is 4. The normalized spacial score (nSPS) is 14.3. The van der Waals surface area contributed by atoms with Crippen LogP contribution in [0.4, 0.5) is 0 Å². The number of nitrogens with zero attached hydrogens (tertiary/aromatic N) is 1. The molecule has 0 saturated heterocycles. The summed E-state index contributed by atoms with van der Waals surface area (Å²) in [6.45, 7) is 4.09. The summed E-state index contributed by atoms with van der Waals surface area (Å²) < 4.78 is 0. The van der Waals surface area contributed by atoms with Crippen molar-refractivity contribution < 1.29 is 5.11 Å². The van der Waals surface area contributed by atoms with Gasteiger partial charge in [0, 0.05) is 12.1 Å². The van der Waals surface area contributed by atoms with Gasteiger partial charge in [-0.3, -0.25) is 0 Å². The second kappa shape index (κ2) is 5.50. The molecule has 0 bridgehead atoms. The quantitative estimate of drug-likeness (QED) is 0.783. The summed E-state index contributed by atoms with van der Waals surface area (Å²) in [5, 5.41) is 20.8. The van der Waals surface area contributed by atoms with E-state index >= 15 is 0 Å². The molecule has 0 spiro atoms. The van der Waals surface area contributed by atoms with Gasteiger partial charge in [0.1, 0.15) is 0 Å². The van der Waals surface area contributed by atoms with Crippen molar-refractivity contribution in [1.82, 2.24) is 5.32 Å². The lowest BCUT2D eigenvalue weighted by Gasteiger charge is -2.18. The van der Waals surface area contributed by atoms with Gasteiger partial charge in [0.05, 0.1) is 18.2 Å². The maximum absolute atomic E-state index is 8.91. The minimum absolute atomic E-state index is 0.0793. The molecule has 3 nitrogen and oxygen atoms in total. The van der Waals surface area contributed by atoms with Crippen LogP contribution in [-0.4, -0.2) is 17.8 Å². The third kappa shape index (κ3) is 3.35. The van der Waals surface area contributed by atoms with Gasteiger partial charge in [0.25, 0.3) is 0 Å². The third-order valence-electron chi connectivity index (χ3n) is 2.35. The van der Waals surface area contributed by atoms with Crippen molar-refractivity contribution in [2.75, 3.05) is 6.61 Å². The van der Waals surface area contributed by atoms with E-state index in [1.54, 1.807) is 12.1 Å². The van der Waals surface area contributed by atoms with Crippen LogP contribution < -0.4 is 5.32 Å². The van der Waals surface area contributed by atoms with Gasteiger partial charge in [-0.1, -0.05) is 12.1 Å². The van der Waals surface area contributed by atoms with Crippen molar-refractivity contribution in [3.63, 3.8) is 0 Å². The van der Waals surface area contributed by atoms with Gasteiger partial charge < -0.3 is 10.4 Å². The van der Waals surface area contributed by atoms with Gasteiger partial charge in [-0.2, -0.15) is 5.26 Å². The van der Waals surface area contributed by atoms with E-state index in [0.29, 0.717) is 5.56 Å². The number of nitrogens with one attached hydrogen (secondary N) is 1. The van der Waals surface area contributed by atoms with E-state index in [1.165, 1.54) is 0 Å². The Morgan fingerprint density at radius 3 is 2.40 bits per heavy atom. The van der Waals surface area contributed by atoms with Crippen LogP contribution >= 0.6 is 0 Å². The Hall–Kier alpha value is -1.37. The van der Waals surface area contributed by atoms with Crippen LogP contribution in [0.1, 0.15) is 31.0 Å². The molecule has 0 saturated carbocycles. The van der Waals surface area contributed by atoms with E-state index in [4.69, 9.17) is 10.4 Å². The molecule has 0 heterocycles. The van der Waals surface area contributed by atoms with E-state index in [9.17, 15) is 0 Å². The molecule has 0 aliphatic carbocycles. The summed E-state index contributed by atoms with van der Waals surface area (Å²) >= 11 is 0. The summed E-state index contributed by atoms with van der Waals surface area (Å²) in [5.41, 5.74) is 1.79. The van der Waals surface area contributed by atoms with Crippen LogP contribution in [0.25, 0.3) is 0 Å². The van der Waals surface area contributed by atoms with Crippen LogP contribution in [-0.2, 0) is 0 Å². The van der Waals surface area contributed by atoms with Crippen molar-refractivity contribution in [3.05, 3.63) is 35.4 Å². The van der Waals surface area contributed by atoms with Gasteiger partial charge in [-0.15, -0.1) is 0 Å². The first-order valence-corrected chi connectivity index (χ1v) is 5.04. The zero-order valence-electron chi connectivity index (χ0n) is 9.07. The smallest absolute Gasteiger partial charge is 0.0991 e. The van der Waals surface area contributed by atoms with Crippen LogP contribution in [0.2, 0.25) is 0 Å². The Balaban J connectivity index is 2.66. The van der Waals surface area contributed by atoms with E-state index in [-0.39, 0.29) is 18.7 Å². The largest absolute Gasteiger partial charge is 0.395 e. The maximum Gasteiger partial charge on any atom is 0.0991 e. The molecule has 0 fully saturated rings. The molecule has 0 unspecified atom stereocenters. The molecule has 15 heavy (non-hydrogen) atoms. The Labute approximate surface area is 90.4 Å². The lowest BCUT2D eigenvalue weighted by Crippen LogP contribution is -2.31. The molecule has 2 atom stereocenters. The maximum atomic E-state index is 8.91. The number of aliphatic hydroxyl groups is 1. The van der Waals surface area contributed by atoms with Crippen LogP contribution in [0, 0.1) is 11.3 Å². The van der Waals surface area contributed by atoms with Crippen molar-refractivity contribution in [2.45, 2.75) is 25.9 Å². The first-order valence-electron chi connectivity index (χ1n) is 5.04. The van der Waals surface area contributed by atoms with E-state index in [2.05, 4.69) is 11.4 Å². The van der Waals surface area contributed by atoms with Crippen LogP contribution in [0.5, 0.6) is 0 Å². The molecule has 1 aromatic carbocycles. The number of hydrogen-bond donors (Lipinski definition) is 2. The predicted molar refractivity (Wildman–Crippen MR) is 59.3 cm³/mol. The summed E-state index contributed by atoms with van der Waals surface area (Å²) in [6, 6.07) is 9.81. The van der Waals surface area contributed by atoms with Crippen LogP contribution in [0.15, 0.2) is 24.3 Å². The Morgan fingerprint density at radius 2 is 1.93 bits per heavy atom. The van der Waals surface area contributed by atoms with E-state index in [1.807, 2.05) is 26.0 Å². The van der Waals surface area contributed by atoms with E-state index < -0.39 is 0 Å². The molecule has 0 radical (unpaired) electrons. The van der Waals surface area contributed by atoms with Gasteiger partial charge in [-0.25, -0.2) is 0 Å². The van der Waals surface area contributed by atoms with Crippen molar-refractivity contribution in [2.24, 2.45) is 0 Å². The molecular weight excluding hydrogens is 188 g/mol. The third-order valence-corrected chi connectivity index (χ3v) is 2.35. The first-order chi connectivity index (χ1) is 7.17. The predicted octanol–water partition coefficient (Wildman–Crippen LogP) is 1.59. The number of aliphatic hydroxyl groups excluding tert-OH is 1. The summed E-state index contributed by atoms with van der Waals surface area (Å²) in [7, 11) is 0. The van der Waals surface area contributed by atoms with Gasteiger partial charge in [0.15, 0.2) is 0 Å². The van der Waals surface area contributed by atoms with Crippen molar-refractivity contribution in [1.29, 1.82) is 5.26 Å². The topological polar surface area (TPSA) is 56.0 Å². The summed E-state index contributed by atoms with van der Waals surface area (Å²) in [4.78, 5) is 0. The standard InChI is InChI=1S/C12H16N2O/c1-9(8-15)14-10(2)12-5-3-11(7-13)4-6-12/h3-6,9-10,14-15H,8H2,1-2H3/t9-,10+/m1/s1. The van der Waals surface area contributed by atoms with Crippen molar-refractivity contribution >= 4 is 0 Å². The number of benzene rings is 1. The zero-order chi connectivity index (χ0) is 11.3. The highest BCUT2D eigenvalue weighted by Gasteiger charge is 2.08. The molecular formula is C12H16N2O. The molecule has 0 aliphatic heterocycles. The minimum atomic E-state index is 0.0793. The second-order valence-electron chi connectivity index (χ2n) is 3.71. The Kier molecular flexibility index (Phi) is 4.29. The fourth-order valence-corrected chi connectivity index (χ4v) is 1.42. The highest BCUT2D eigenvalue weighted by Crippen LogP contribution is 2.13. The average molecular weight is 204 g/mol. The fraction of sp³-hybridized carbons (Fsp3) is 0.417. The molecule has 0 aromatic heterocycles. The molecule has 0 aliphatic rings.